The Hall–Kier alpha value is -3.50. The molecule has 2 unspecified atom stereocenters. The van der Waals surface area contributed by atoms with Gasteiger partial charge in [-0.05, 0) is 55.4 Å². The molecule has 0 saturated carbocycles. The number of hydrogen-bond acceptors (Lipinski definition) is 3. The molecule has 0 bridgehead atoms. The minimum absolute atomic E-state index is 0.270. The highest BCUT2D eigenvalue weighted by Crippen LogP contribution is 2.40. The van der Waals surface area contributed by atoms with Crippen LogP contribution >= 0.6 is 15.9 Å². The Bertz CT molecular complexity index is 1530. The lowest BCUT2D eigenvalue weighted by atomic mass is 9.94. The van der Waals surface area contributed by atoms with Gasteiger partial charge in [-0.25, -0.2) is 9.98 Å². The van der Waals surface area contributed by atoms with Crippen LogP contribution in [0.1, 0.15) is 30.6 Å². The molecule has 2 aliphatic rings. The fourth-order valence-electron chi connectivity index (χ4n) is 4.89. The number of benzene rings is 4. The van der Waals surface area contributed by atoms with Crippen LogP contribution in [-0.4, -0.2) is 11.7 Å². The zero-order valence-corrected chi connectivity index (χ0v) is 20.5. The molecule has 1 aliphatic heterocycles. The van der Waals surface area contributed by atoms with Gasteiger partial charge in [-0.2, -0.15) is 0 Å². The predicted molar refractivity (Wildman–Crippen MR) is 146 cm³/mol. The molecule has 4 heteroatoms. The second-order valence-corrected chi connectivity index (χ2v) is 9.70. The molecule has 1 aliphatic carbocycles. The molecular formula is C30H24BrN3. The van der Waals surface area contributed by atoms with E-state index in [9.17, 15) is 0 Å². The summed E-state index contributed by atoms with van der Waals surface area (Å²) in [7, 11) is 0. The molecule has 0 spiro atoms. The van der Waals surface area contributed by atoms with Crippen molar-refractivity contribution >= 4 is 49.1 Å². The summed E-state index contributed by atoms with van der Waals surface area (Å²) in [4.78, 5) is 10.2. The predicted octanol–water partition coefficient (Wildman–Crippen LogP) is 7.73. The average molecular weight is 506 g/mol. The number of hydrogen-bond donors (Lipinski definition) is 1. The molecule has 34 heavy (non-hydrogen) atoms. The Morgan fingerprint density at radius 3 is 2.21 bits per heavy atom. The first kappa shape index (κ1) is 21.1. The van der Waals surface area contributed by atoms with Crippen molar-refractivity contribution in [3.8, 4) is 0 Å². The van der Waals surface area contributed by atoms with Gasteiger partial charge in [-0.15, -0.1) is 0 Å². The van der Waals surface area contributed by atoms with Gasteiger partial charge in [0.25, 0.3) is 0 Å². The number of nitrogens with zero attached hydrogens (tertiary/aromatic N) is 2. The lowest BCUT2D eigenvalue weighted by Crippen LogP contribution is -2.34. The summed E-state index contributed by atoms with van der Waals surface area (Å²) in [5, 5.41) is 8.49. The summed E-state index contributed by atoms with van der Waals surface area (Å²) in [6.45, 7) is 2.23. The van der Waals surface area contributed by atoms with Crippen LogP contribution in [0.15, 0.2) is 117 Å². The number of nitrogens with one attached hydrogen (secondary N) is 1. The smallest absolute Gasteiger partial charge is 0.155 e. The number of rotatable bonds is 3. The maximum atomic E-state index is 5.19. The Kier molecular flexibility index (Phi) is 5.39. The third-order valence-corrected chi connectivity index (χ3v) is 7.39. The highest BCUT2D eigenvalue weighted by Gasteiger charge is 2.27. The topological polar surface area (TPSA) is 36.8 Å². The van der Waals surface area contributed by atoms with Crippen LogP contribution in [0.2, 0.25) is 0 Å². The van der Waals surface area contributed by atoms with E-state index in [1.54, 1.807) is 0 Å². The van der Waals surface area contributed by atoms with Crippen molar-refractivity contribution < 1.29 is 0 Å². The quantitative estimate of drug-likeness (QED) is 0.284. The zero-order valence-electron chi connectivity index (χ0n) is 18.9. The van der Waals surface area contributed by atoms with Crippen molar-refractivity contribution in [3.63, 3.8) is 0 Å². The van der Waals surface area contributed by atoms with Gasteiger partial charge in [0.15, 0.2) is 5.84 Å². The third kappa shape index (κ3) is 3.68. The van der Waals surface area contributed by atoms with Gasteiger partial charge in [0.1, 0.15) is 12.0 Å². The molecule has 1 N–H and O–H groups in total. The monoisotopic (exact) mass is 505 g/mol. The molecule has 4 aromatic rings. The molecule has 0 aromatic heterocycles. The molecule has 0 amide bonds. The molecule has 4 aromatic carbocycles. The van der Waals surface area contributed by atoms with Gasteiger partial charge in [0.2, 0.25) is 0 Å². The van der Waals surface area contributed by atoms with E-state index in [-0.39, 0.29) is 6.17 Å². The number of halogens is 1. The van der Waals surface area contributed by atoms with E-state index >= 15 is 0 Å². The van der Waals surface area contributed by atoms with E-state index in [1.807, 2.05) is 18.2 Å². The van der Waals surface area contributed by atoms with Crippen molar-refractivity contribution in [2.45, 2.75) is 19.5 Å². The molecule has 3 nitrogen and oxygen atoms in total. The van der Waals surface area contributed by atoms with Gasteiger partial charge >= 0.3 is 0 Å². The number of amidine groups is 2. The lowest BCUT2D eigenvalue weighted by Gasteiger charge is -2.27. The lowest BCUT2D eigenvalue weighted by molar-refractivity contribution is 0.670. The van der Waals surface area contributed by atoms with Crippen molar-refractivity contribution in [2.75, 3.05) is 0 Å². The van der Waals surface area contributed by atoms with E-state index in [0.717, 1.165) is 33.7 Å². The number of allylic oxidation sites excluding steroid dienone is 3. The Balaban J connectivity index is 1.58. The highest BCUT2D eigenvalue weighted by molar-refractivity contribution is 9.10. The van der Waals surface area contributed by atoms with Crippen LogP contribution in [0.25, 0.3) is 21.5 Å². The summed E-state index contributed by atoms with van der Waals surface area (Å²) in [5.41, 5.74) is 3.37. The average Bonchev–Trinajstić information content (AvgIpc) is 2.89. The summed E-state index contributed by atoms with van der Waals surface area (Å²) in [5.74, 6) is 2.13. The molecule has 1 heterocycles. The van der Waals surface area contributed by atoms with E-state index in [4.69, 9.17) is 9.98 Å². The maximum absolute atomic E-state index is 5.19. The maximum Gasteiger partial charge on any atom is 0.155 e. The summed E-state index contributed by atoms with van der Waals surface area (Å²) >= 11 is 3.97. The van der Waals surface area contributed by atoms with Crippen LogP contribution in [-0.2, 0) is 0 Å². The molecule has 6 rings (SSSR count). The second-order valence-electron chi connectivity index (χ2n) is 8.90. The first-order chi connectivity index (χ1) is 16.7. The second kappa shape index (κ2) is 8.69. The standard InChI is InChI=1S/C30H24BrN3/c1-19-10-9-13-21(18-19)29-32-28(20-11-3-2-4-12-20)33-30(34-29)26-24-16-7-5-14-22(24)23-15-6-8-17-25(23)27(26)31/h2-17,19,30H,18H2,1H3,(H,32,33,34). The Morgan fingerprint density at radius 2 is 1.47 bits per heavy atom. The summed E-state index contributed by atoms with van der Waals surface area (Å²) < 4.78 is 1.07. The van der Waals surface area contributed by atoms with E-state index in [0.29, 0.717) is 5.92 Å². The molecule has 2 atom stereocenters. The third-order valence-electron chi connectivity index (χ3n) is 6.54. The number of fused-ring (bicyclic) bond motifs is 3. The SMILES string of the molecule is CC1C=CC=C(C2=NC(c3c(Br)c4ccccc4c4ccccc34)NC(c3ccccc3)=N2)C1. The van der Waals surface area contributed by atoms with Crippen molar-refractivity contribution in [1.82, 2.24) is 5.32 Å². The van der Waals surface area contributed by atoms with Crippen LogP contribution in [0.3, 0.4) is 0 Å². The van der Waals surface area contributed by atoms with Gasteiger partial charge < -0.3 is 5.32 Å². The minimum atomic E-state index is -0.270. The van der Waals surface area contributed by atoms with Crippen molar-refractivity contribution in [3.05, 3.63) is 118 Å². The van der Waals surface area contributed by atoms with E-state index in [2.05, 4.69) is 107 Å². The first-order valence-corrected chi connectivity index (χ1v) is 12.4. The number of aliphatic imine (C=N–C) groups is 2. The van der Waals surface area contributed by atoms with Crippen LogP contribution < -0.4 is 5.32 Å². The van der Waals surface area contributed by atoms with Crippen molar-refractivity contribution in [2.24, 2.45) is 15.9 Å². The molecule has 0 saturated heterocycles. The fraction of sp³-hybridized carbons (Fsp3) is 0.133. The normalized spacial score (nSPS) is 20.0. The zero-order chi connectivity index (χ0) is 23.1. The van der Waals surface area contributed by atoms with Gasteiger partial charge in [-0.3, -0.25) is 0 Å². The van der Waals surface area contributed by atoms with E-state index in [1.165, 1.54) is 27.1 Å². The first-order valence-electron chi connectivity index (χ1n) is 11.6. The van der Waals surface area contributed by atoms with Crippen LogP contribution in [0.5, 0.6) is 0 Å². The van der Waals surface area contributed by atoms with Gasteiger partial charge in [-0.1, -0.05) is 104 Å². The Labute approximate surface area is 207 Å². The van der Waals surface area contributed by atoms with E-state index < -0.39 is 0 Å². The van der Waals surface area contributed by atoms with Crippen LogP contribution in [0, 0.1) is 5.92 Å². The Morgan fingerprint density at radius 1 is 0.824 bits per heavy atom. The highest BCUT2D eigenvalue weighted by atomic mass is 79.9. The van der Waals surface area contributed by atoms with Crippen LogP contribution in [0.4, 0.5) is 0 Å². The molecule has 166 valence electrons. The minimum Gasteiger partial charge on any atom is -0.344 e. The summed E-state index contributed by atoms with van der Waals surface area (Å²) in [6, 6.07) is 27.5. The van der Waals surface area contributed by atoms with Gasteiger partial charge in [0.05, 0.1) is 0 Å². The largest absolute Gasteiger partial charge is 0.344 e. The molecular weight excluding hydrogens is 482 g/mol. The van der Waals surface area contributed by atoms with Crippen molar-refractivity contribution in [1.29, 1.82) is 0 Å². The van der Waals surface area contributed by atoms with Gasteiger partial charge in [0, 0.05) is 15.6 Å². The summed E-state index contributed by atoms with van der Waals surface area (Å²) in [6.07, 6.45) is 7.18. The molecule has 0 fully saturated rings. The fourth-order valence-corrected chi connectivity index (χ4v) is 5.67. The molecule has 0 radical (unpaired) electrons.